The van der Waals surface area contributed by atoms with Gasteiger partial charge in [-0.15, -0.1) is 0 Å². The van der Waals surface area contributed by atoms with Gasteiger partial charge in [0.1, 0.15) is 0 Å². The fourth-order valence-electron chi connectivity index (χ4n) is 2.72. The van der Waals surface area contributed by atoms with Gasteiger partial charge in [0.25, 0.3) is 5.91 Å². The zero-order valence-corrected chi connectivity index (χ0v) is 12.4. The van der Waals surface area contributed by atoms with E-state index in [2.05, 4.69) is 5.32 Å². The predicted molar refractivity (Wildman–Crippen MR) is 77.1 cm³/mol. The first-order valence-electron chi connectivity index (χ1n) is 7.28. The molecular formula is C15H20F2N3O2+. The maximum absolute atomic E-state index is 13.1. The lowest BCUT2D eigenvalue weighted by molar-refractivity contribution is -0.919. The molecule has 0 saturated carbocycles. The monoisotopic (exact) mass is 312 g/mol. The molecule has 1 fully saturated rings. The van der Waals surface area contributed by atoms with Gasteiger partial charge in [0.15, 0.2) is 17.7 Å². The second-order valence-corrected chi connectivity index (χ2v) is 5.67. The van der Waals surface area contributed by atoms with Crippen molar-refractivity contribution in [3.63, 3.8) is 0 Å². The number of quaternary nitrogens is 1. The van der Waals surface area contributed by atoms with Crippen LogP contribution in [0.25, 0.3) is 0 Å². The number of primary amides is 1. The molecule has 5 nitrogen and oxygen atoms in total. The van der Waals surface area contributed by atoms with Crippen LogP contribution in [0.4, 0.5) is 14.5 Å². The van der Waals surface area contributed by atoms with Crippen LogP contribution in [0.1, 0.15) is 19.8 Å². The number of hydrogen-bond acceptors (Lipinski definition) is 2. The number of amides is 2. The van der Waals surface area contributed by atoms with Crippen molar-refractivity contribution < 1.29 is 23.3 Å². The Hall–Kier alpha value is -2.02. The molecule has 1 heterocycles. The Morgan fingerprint density at radius 2 is 1.91 bits per heavy atom. The van der Waals surface area contributed by atoms with Gasteiger partial charge in [-0.2, -0.15) is 0 Å². The molecule has 1 aliphatic rings. The molecule has 120 valence electrons. The molecule has 1 atom stereocenters. The van der Waals surface area contributed by atoms with Crippen LogP contribution < -0.4 is 16.0 Å². The van der Waals surface area contributed by atoms with Crippen molar-refractivity contribution >= 4 is 17.5 Å². The molecule has 2 amide bonds. The van der Waals surface area contributed by atoms with Crippen LogP contribution in [0, 0.1) is 17.6 Å². The molecule has 0 aliphatic carbocycles. The molecule has 0 bridgehead atoms. The lowest BCUT2D eigenvalue weighted by atomic mass is 9.95. The number of nitrogens with two attached hydrogens (primary N) is 1. The van der Waals surface area contributed by atoms with Crippen molar-refractivity contribution in [3.05, 3.63) is 29.8 Å². The largest absolute Gasteiger partial charge is 0.369 e. The fourth-order valence-corrected chi connectivity index (χ4v) is 2.72. The second-order valence-electron chi connectivity index (χ2n) is 5.67. The van der Waals surface area contributed by atoms with Crippen LogP contribution in [-0.4, -0.2) is 30.9 Å². The number of piperidine rings is 1. The zero-order valence-electron chi connectivity index (χ0n) is 12.4. The third-order valence-corrected chi connectivity index (χ3v) is 4.22. The molecule has 1 aliphatic heterocycles. The van der Waals surface area contributed by atoms with Crippen molar-refractivity contribution in [1.29, 1.82) is 0 Å². The van der Waals surface area contributed by atoms with E-state index in [1.54, 1.807) is 6.92 Å². The Labute approximate surface area is 127 Å². The van der Waals surface area contributed by atoms with Crippen molar-refractivity contribution in [2.24, 2.45) is 11.7 Å². The maximum atomic E-state index is 13.1. The van der Waals surface area contributed by atoms with Gasteiger partial charge in [-0.05, 0) is 19.1 Å². The third kappa shape index (κ3) is 3.79. The van der Waals surface area contributed by atoms with Gasteiger partial charge in [-0.3, -0.25) is 9.59 Å². The van der Waals surface area contributed by atoms with Crippen molar-refractivity contribution in [2.75, 3.05) is 18.4 Å². The zero-order chi connectivity index (χ0) is 16.3. The lowest BCUT2D eigenvalue weighted by Gasteiger charge is -2.31. The first kappa shape index (κ1) is 16.4. The highest BCUT2D eigenvalue weighted by Gasteiger charge is 2.32. The Balaban J connectivity index is 1.92. The number of benzene rings is 1. The average molecular weight is 312 g/mol. The summed E-state index contributed by atoms with van der Waals surface area (Å²) in [6.45, 7) is 3.13. The molecular weight excluding hydrogens is 292 g/mol. The molecule has 1 saturated heterocycles. The topological polar surface area (TPSA) is 76.6 Å². The fraction of sp³-hybridized carbons (Fsp3) is 0.467. The van der Waals surface area contributed by atoms with E-state index in [0.717, 1.165) is 17.0 Å². The molecule has 0 unspecified atom stereocenters. The highest BCUT2D eigenvalue weighted by molar-refractivity contribution is 5.93. The molecule has 0 spiro atoms. The smallest absolute Gasteiger partial charge is 0.282 e. The number of likely N-dealkylation sites (tertiary alicyclic amines) is 1. The number of carbonyl (C=O) groups excluding carboxylic acids is 2. The van der Waals surface area contributed by atoms with Crippen LogP contribution in [0.3, 0.4) is 0 Å². The summed E-state index contributed by atoms with van der Waals surface area (Å²) >= 11 is 0. The summed E-state index contributed by atoms with van der Waals surface area (Å²) in [7, 11) is 0. The van der Waals surface area contributed by atoms with Gasteiger partial charge in [0.05, 0.1) is 13.1 Å². The highest BCUT2D eigenvalue weighted by Crippen LogP contribution is 2.13. The molecule has 1 aromatic rings. The lowest BCUT2D eigenvalue weighted by Crippen LogP contribution is -3.17. The van der Waals surface area contributed by atoms with Crippen LogP contribution >= 0.6 is 0 Å². The first-order chi connectivity index (χ1) is 10.4. The summed E-state index contributed by atoms with van der Waals surface area (Å²) in [5.41, 5.74) is 5.51. The molecule has 22 heavy (non-hydrogen) atoms. The minimum atomic E-state index is -1.000. The number of carbonyl (C=O) groups is 2. The number of halogens is 2. The number of anilines is 1. The van der Waals surface area contributed by atoms with Crippen LogP contribution in [-0.2, 0) is 9.59 Å². The molecule has 4 N–H and O–H groups in total. The van der Waals surface area contributed by atoms with E-state index in [0.29, 0.717) is 25.9 Å². The summed E-state index contributed by atoms with van der Waals surface area (Å²) in [6.07, 6.45) is 1.32. The highest BCUT2D eigenvalue weighted by atomic mass is 19.2. The van der Waals surface area contributed by atoms with Crippen LogP contribution in [0.5, 0.6) is 0 Å². The standard InChI is InChI=1S/C15H19F2N3O2/c1-9(20-6-4-10(5-7-20)14(18)21)15(22)19-11-2-3-12(16)13(17)8-11/h2-3,8-10H,4-7H2,1H3,(H2,18,21)(H,19,22)/p+1/t9-/m1/s1. The van der Waals surface area contributed by atoms with Gasteiger partial charge in [-0.1, -0.05) is 0 Å². The summed E-state index contributed by atoms with van der Waals surface area (Å²) in [6, 6.07) is 2.90. The van der Waals surface area contributed by atoms with E-state index in [-0.39, 0.29) is 29.5 Å². The van der Waals surface area contributed by atoms with E-state index in [4.69, 9.17) is 5.73 Å². The average Bonchev–Trinajstić information content (AvgIpc) is 2.50. The Morgan fingerprint density at radius 3 is 2.45 bits per heavy atom. The van der Waals surface area contributed by atoms with E-state index in [9.17, 15) is 18.4 Å². The second kappa shape index (κ2) is 6.83. The Bertz CT molecular complexity index is 572. The molecule has 1 aromatic carbocycles. The minimum Gasteiger partial charge on any atom is -0.369 e. The summed E-state index contributed by atoms with van der Waals surface area (Å²) in [5.74, 6) is -2.63. The molecule has 0 radical (unpaired) electrons. The Kier molecular flexibility index (Phi) is 5.07. The maximum Gasteiger partial charge on any atom is 0.282 e. The molecule has 7 heteroatoms. The van der Waals surface area contributed by atoms with Gasteiger partial charge in [0, 0.05) is 30.5 Å². The van der Waals surface area contributed by atoms with E-state index < -0.39 is 11.6 Å². The van der Waals surface area contributed by atoms with Gasteiger partial charge < -0.3 is 16.0 Å². The first-order valence-corrected chi connectivity index (χ1v) is 7.28. The van der Waals surface area contributed by atoms with E-state index in [1.807, 2.05) is 0 Å². The van der Waals surface area contributed by atoms with Crippen LogP contribution in [0.2, 0.25) is 0 Å². The van der Waals surface area contributed by atoms with Gasteiger partial charge in [-0.25, -0.2) is 8.78 Å². The third-order valence-electron chi connectivity index (χ3n) is 4.22. The summed E-state index contributed by atoms with van der Waals surface area (Å²) in [4.78, 5) is 24.4. The van der Waals surface area contributed by atoms with Crippen LogP contribution in [0.15, 0.2) is 18.2 Å². The summed E-state index contributed by atoms with van der Waals surface area (Å²) < 4.78 is 26.0. The quantitative estimate of drug-likeness (QED) is 0.736. The van der Waals surface area contributed by atoms with Crippen molar-refractivity contribution in [2.45, 2.75) is 25.8 Å². The molecule has 0 aromatic heterocycles. The Morgan fingerprint density at radius 1 is 1.27 bits per heavy atom. The van der Waals surface area contributed by atoms with E-state index >= 15 is 0 Å². The predicted octanol–water partition coefficient (Wildman–Crippen LogP) is 0.0720. The number of rotatable bonds is 4. The number of nitrogens with one attached hydrogen (secondary N) is 2. The van der Waals surface area contributed by atoms with Crippen molar-refractivity contribution in [1.82, 2.24) is 0 Å². The SMILES string of the molecule is C[C@H](C(=O)Nc1ccc(F)c(F)c1)[NH+]1CCC(C(N)=O)CC1. The minimum absolute atomic E-state index is 0.120. The molecule has 2 rings (SSSR count). The van der Waals surface area contributed by atoms with Gasteiger partial charge >= 0.3 is 0 Å². The van der Waals surface area contributed by atoms with Gasteiger partial charge in [0.2, 0.25) is 5.91 Å². The normalized spacial score (nSPS) is 22.9. The summed E-state index contributed by atoms with van der Waals surface area (Å²) in [5, 5.41) is 2.58. The number of hydrogen-bond donors (Lipinski definition) is 3. The van der Waals surface area contributed by atoms with Crippen molar-refractivity contribution in [3.8, 4) is 0 Å². The van der Waals surface area contributed by atoms with E-state index in [1.165, 1.54) is 6.07 Å².